The van der Waals surface area contributed by atoms with Crippen molar-refractivity contribution in [2.24, 2.45) is 0 Å². The molecule has 2 aliphatic carbocycles. The van der Waals surface area contributed by atoms with Crippen LogP contribution in [0.5, 0.6) is 0 Å². The molecule has 0 bridgehead atoms. The van der Waals surface area contributed by atoms with Gasteiger partial charge in [-0.1, -0.05) is 36.4 Å². The predicted octanol–water partition coefficient (Wildman–Crippen LogP) is 4.47. The number of aliphatic hydroxyl groups excluding tert-OH is 2. The molecule has 3 aromatic rings. The van der Waals surface area contributed by atoms with Crippen molar-refractivity contribution in [1.82, 2.24) is 10.6 Å². The highest BCUT2D eigenvalue weighted by atomic mass is 19.3. The molecular formula is C28H30F2N2O5. The summed E-state index contributed by atoms with van der Waals surface area (Å²) in [7, 11) is 0. The average molecular weight is 513 g/mol. The van der Waals surface area contributed by atoms with Crippen molar-refractivity contribution < 1.29 is 33.0 Å². The fourth-order valence-electron chi connectivity index (χ4n) is 4.76. The Morgan fingerprint density at radius 3 is 2.22 bits per heavy atom. The molecule has 196 valence electrons. The largest absolute Gasteiger partial charge is 0.451 e. The predicted molar refractivity (Wildman–Crippen MR) is 133 cm³/mol. The third-order valence-electron chi connectivity index (χ3n) is 7.58. The van der Waals surface area contributed by atoms with Gasteiger partial charge in [0.15, 0.2) is 5.76 Å². The molecule has 2 saturated carbocycles. The third-order valence-corrected chi connectivity index (χ3v) is 7.58. The van der Waals surface area contributed by atoms with Crippen LogP contribution in [0.1, 0.15) is 67.7 Å². The van der Waals surface area contributed by atoms with Gasteiger partial charge in [0, 0.05) is 23.8 Å². The second-order valence-corrected chi connectivity index (χ2v) is 10.6. The van der Waals surface area contributed by atoms with E-state index in [1.54, 1.807) is 30.3 Å². The third kappa shape index (κ3) is 5.24. The topological polar surface area (TPSA) is 112 Å². The smallest absolute Gasteiger partial charge is 0.287 e. The second kappa shape index (κ2) is 9.22. The standard InChI is InChI=1S/C28H30F2N2O5/c1-26(8-9-26)32-25(36)27(10-12-28(29,30)13-11-27)31-24(35)23-15-20-7-6-19(14-22(20)37-23)17-2-4-18(5-3-17)21(34)16-33/h2-7,14-15,21,33-34H,8-13,16H2,1H3,(H,31,35)(H,32,36). The average Bonchev–Trinajstić information content (AvgIpc) is 3.44. The van der Waals surface area contributed by atoms with Crippen molar-refractivity contribution in [2.45, 2.75) is 68.6 Å². The van der Waals surface area contributed by atoms with Gasteiger partial charge < -0.3 is 25.3 Å². The van der Waals surface area contributed by atoms with Crippen LogP contribution < -0.4 is 10.6 Å². The highest BCUT2D eigenvalue weighted by Gasteiger charge is 2.51. The van der Waals surface area contributed by atoms with Crippen molar-refractivity contribution >= 4 is 22.8 Å². The first-order valence-corrected chi connectivity index (χ1v) is 12.5. The molecule has 7 nitrogen and oxygen atoms in total. The molecule has 5 rings (SSSR count). The van der Waals surface area contributed by atoms with Gasteiger partial charge in [-0.15, -0.1) is 0 Å². The van der Waals surface area contributed by atoms with Crippen molar-refractivity contribution in [3.8, 4) is 11.1 Å². The first-order valence-electron chi connectivity index (χ1n) is 12.5. The minimum atomic E-state index is -2.86. The Morgan fingerprint density at radius 1 is 0.946 bits per heavy atom. The zero-order chi connectivity index (χ0) is 26.4. The molecule has 2 amide bonds. The summed E-state index contributed by atoms with van der Waals surface area (Å²) in [5, 5.41) is 25.2. The van der Waals surface area contributed by atoms with E-state index in [0.29, 0.717) is 16.5 Å². The van der Waals surface area contributed by atoms with Crippen LogP contribution in [0.2, 0.25) is 0 Å². The number of hydrogen-bond donors (Lipinski definition) is 4. The fraction of sp³-hybridized carbons (Fsp3) is 0.429. The number of benzene rings is 2. The Kier molecular flexibility index (Phi) is 6.32. The zero-order valence-electron chi connectivity index (χ0n) is 20.5. The number of fused-ring (bicyclic) bond motifs is 1. The molecule has 1 unspecified atom stereocenters. The highest BCUT2D eigenvalue weighted by Crippen LogP contribution is 2.41. The Labute approximate surface area is 212 Å². The van der Waals surface area contributed by atoms with Crippen LogP contribution in [0.25, 0.3) is 22.1 Å². The number of furan rings is 1. The molecule has 1 atom stereocenters. The summed E-state index contributed by atoms with van der Waals surface area (Å²) < 4.78 is 33.7. The second-order valence-electron chi connectivity index (χ2n) is 10.6. The number of aliphatic hydroxyl groups is 2. The van der Waals surface area contributed by atoms with Crippen LogP contribution in [-0.4, -0.2) is 45.6 Å². The normalized spacial score (nSPS) is 20.2. The van der Waals surface area contributed by atoms with E-state index in [9.17, 15) is 23.5 Å². The molecule has 4 N–H and O–H groups in total. The van der Waals surface area contributed by atoms with Gasteiger partial charge in [0.2, 0.25) is 11.8 Å². The molecule has 0 spiro atoms. The monoisotopic (exact) mass is 512 g/mol. The van der Waals surface area contributed by atoms with Gasteiger partial charge in [-0.05, 0) is 61.4 Å². The number of hydrogen-bond acceptors (Lipinski definition) is 5. The van der Waals surface area contributed by atoms with E-state index in [2.05, 4.69) is 10.6 Å². The van der Waals surface area contributed by atoms with E-state index >= 15 is 0 Å². The summed E-state index contributed by atoms with van der Waals surface area (Å²) in [6, 6.07) is 14.1. The lowest BCUT2D eigenvalue weighted by Gasteiger charge is -2.39. The number of amides is 2. The van der Waals surface area contributed by atoms with E-state index < -0.39 is 42.2 Å². The number of nitrogens with one attached hydrogen (secondary N) is 2. The lowest BCUT2D eigenvalue weighted by Crippen LogP contribution is -2.62. The molecular weight excluding hydrogens is 482 g/mol. The van der Waals surface area contributed by atoms with Crippen LogP contribution in [0.4, 0.5) is 8.78 Å². The highest BCUT2D eigenvalue weighted by molar-refractivity contribution is 6.00. The van der Waals surface area contributed by atoms with E-state index in [1.807, 2.05) is 25.1 Å². The molecule has 37 heavy (non-hydrogen) atoms. The molecule has 2 aliphatic rings. The molecule has 0 radical (unpaired) electrons. The Balaban J connectivity index is 1.37. The van der Waals surface area contributed by atoms with E-state index in [1.165, 1.54) is 0 Å². The van der Waals surface area contributed by atoms with Gasteiger partial charge in [-0.25, -0.2) is 8.78 Å². The van der Waals surface area contributed by atoms with Gasteiger partial charge in [0.1, 0.15) is 17.2 Å². The van der Waals surface area contributed by atoms with Crippen molar-refractivity contribution in [2.75, 3.05) is 6.61 Å². The van der Waals surface area contributed by atoms with Gasteiger partial charge in [0.05, 0.1) is 6.61 Å². The van der Waals surface area contributed by atoms with E-state index in [-0.39, 0.29) is 30.7 Å². The maximum Gasteiger partial charge on any atom is 0.287 e. The maximum atomic E-state index is 13.9. The molecule has 0 saturated heterocycles. The van der Waals surface area contributed by atoms with Crippen molar-refractivity contribution in [1.29, 1.82) is 0 Å². The van der Waals surface area contributed by atoms with Crippen LogP contribution in [0.15, 0.2) is 52.9 Å². The molecule has 0 aliphatic heterocycles. The molecule has 9 heteroatoms. The summed E-state index contributed by atoms with van der Waals surface area (Å²) in [5.41, 5.74) is 0.959. The number of carbonyl (C=O) groups is 2. The van der Waals surface area contributed by atoms with Gasteiger partial charge >= 0.3 is 0 Å². The lowest BCUT2D eigenvalue weighted by molar-refractivity contribution is -0.133. The van der Waals surface area contributed by atoms with Gasteiger partial charge in [-0.2, -0.15) is 0 Å². The first-order chi connectivity index (χ1) is 17.5. The van der Waals surface area contributed by atoms with Crippen LogP contribution >= 0.6 is 0 Å². The Morgan fingerprint density at radius 2 is 1.59 bits per heavy atom. The summed E-state index contributed by atoms with van der Waals surface area (Å²) in [6.07, 6.45) is -0.580. The summed E-state index contributed by atoms with van der Waals surface area (Å²) in [4.78, 5) is 26.4. The van der Waals surface area contributed by atoms with E-state index in [4.69, 9.17) is 9.52 Å². The minimum absolute atomic E-state index is 0.00397. The minimum Gasteiger partial charge on any atom is -0.451 e. The van der Waals surface area contributed by atoms with Gasteiger partial charge in [-0.3, -0.25) is 9.59 Å². The van der Waals surface area contributed by atoms with E-state index in [0.717, 1.165) is 24.0 Å². The number of rotatable bonds is 7. The molecule has 1 heterocycles. The summed E-state index contributed by atoms with van der Waals surface area (Å²) in [6.45, 7) is 1.53. The van der Waals surface area contributed by atoms with Crippen molar-refractivity contribution in [3.63, 3.8) is 0 Å². The molecule has 1 aromatic heterocycles. The number of halogens is 2. The number of carbonyl (C=O) groups excluding carboxylic acids is 2. The van der Waals surface area contributed by atoms with Crippen molar-refractivity contribution in [3.05, 3.63) is 59.9 Å². The maximum absolute atomic E-state index is 13.9. The molecule has 2 aromatic carbocycles. The van der Waals surface area contributed by atoms with Crippen LogP contribution in [-0.2, 0) is 4.79 Å². The summed E-state index contributed by atoms with van der Waals surface area (Å²) >= 11 is 0. The lowest BCUT2D eigenvalue weighted by atomic mass is 9.78. The first kappa shape index (κ1) is 25.4. The quantitative estimate of drug-likeness (QED) is 0.373. The fourth-order valence-corrected chi connectivity index (χ4v) is 4.76. The van der Waals surface area contributed by atoms with Crippen LogP contribution in [0.3, 0.4) is 0 Å². The molecule has 2 fully saturated rings. The van der Waals surface area contributed by atoms with Crippen LogP contribution in [0, 0.1) is 0 Å². The number of alkyl halides is 2. The SMILES string of the molecule is CC1(NC(=O)C2(NC(=O)c3cc4ccc(-c5ccc(C(O)CO)cc5)cc4o3)CCC(F)(F)CC2)CC1. The Hall–Kier alpha value is -3.30. The Bertz CT molecular complexity index is 1320. The van der Waals surface area contributed by atoms with Gasteiger partial charge in [0.25, 0.3) is 5.91 Å². The zero-order valence-corrected chi connectivity index (χ0v) is 20.5. The summed E-state index contributed by atoms with van der Waals surface area (Å²) in [5.74, 6) is -3.91.